The summed E-state index contributed by atoms with van der Waals surface area (Å²) < 4.78 is 15.9. The van der Waals surface area contributed by atoms with Crippen LogP contribution in [0, 0.1) is 0 Å². The Labute approximate surface area is 98.0 Å². The summed E-state index contributed by atoms with van der Waals surface area (Å²) >= 11 is 0. The molecule has 0 spiro atoms. The molecular formula is C11H24N2O3. The van der Waals surface area contributed by atoms with Crippen molar-refractivity contribution in [3.05, 3.63) is 0 Å². The molecule has 0 saturated carbocycles. The highest BCUT2D eigenvalue weighted by Gasteiger charge is 2.19. The van der Waals surface area contributed by atoms with Crippen molar-refractivity contribution in [1.29, 1.82) is 0 Å². The Balaban J connectivity index is 2.12. The first-order valence-corrected chi connectivity index (χ1v) is 5.90. The average Bonchev–Trinajstić information content (AvgIpc) is 2.35. The van der Waals surface area contributed by atoms with Gasteiger partial charge in [0.05, 0.1) is 12.7 Å². The van der Waals surface area contributed by atoms with Crippen molar-refractivity contribution in [3.63, 3.8) is 0 Å². The van der Waals surface area contributed by atoms with Crippen LogP contribution in [0.15, 0.2) is 0 Å². The molecule has 1 N–H and O–H groups in total. The number of hydrogen-bond acceptors (Lipinski definition) is 5. The standard InChI is InChI=1S/C11H24N2O3/c1-4-13-5-6-16-10(9-13)7-12-8-11(14-2)15-3/h10-12H,4-9H2,1-3H3. The Bertz CT molecular complexity index is 177. The van der Waals surface area contributed by atoms with Gasteiger partial charge in [-0.1, -0.05) is 6.92 Å². The van der Waals surface area contributed by atoms with Crippen LogP contribution >= 0.6 is 0 Å². The van der Waals surface area contributed by atoms with Crippen molar-refractivity contribution in [2.75, 3.05) is 53.6 Å². The predicted molar refractivity (Wildman–Crippen MR) is 62.5 cm³/mol. The van der Waals surface area contributed by atoms with E-state index in [1.54, 1.807) is 14.2 Å². The minimum atomic E-state index is -0.175. The molecule has 1 atom stereocenters. The molecule has 1 saturated heterocycles. The van der Waals surface area contributed by atoms with Crippen molar-refractivity contribution in [1.82, 2.24) is 10.2 Å². The maximum atomic E-state index is 5.67. The third-order valence-electron chi connectivity index (χ3n) is 2.88. The molecule has 1 fully saturated rings. The zero-order chi connectivity index (χ0) is 11.8. The Morgan fingerprint density at radius 1 is 1.44 bits per heavy atom. The molecule has 1 unspecified atom stereocenters. The lowest BCUT2D eigenvalue weighted by molar-refractivity contribution is -0.101. The van der Waals surface area contributed by atoms with E-state index >= 15 is 0 Å². The number of rotatable bonds is 7. The molecule has 5 nitrogen and oxygen atoms in total. The number of ether oxygens (including phenoxy) is 3. The van der Waals surface area contributed by atoms with Gasteiger partial charge in [0.25, 0.3) is 0 Å². The van der Waals surface area contributed by atoms with E-state index < -0.39 is 0 Å². The first kappa shape index (κ1) is 13.9. The number of morpholine rings is 1. The summed E-state index contributed by atoms with van der Waals surface area (Å²) in [5, 5.41) is 3.30. The summed E-state index contributed by atoms with van der Waals surface area (Å²) in [7, 11) is 3.29. The number of likely N-dealkylation sites (N-methyl/N-ethyl adjacent to an activating group) is 1. The molecule has 0 radical (unpaired) electrons. The van der Waals surface area contributed by atoms with Crippen LogP contribution in [0.1, 0.15) is 6.92 Å². The molecule has 1 aliphatic rings. The normalized spacial score (nSPS) is 22.9. The zero-order valence-corrected chi connectivity index (χ0v) is 10.6. The van der Waals surface area contributed by atoms with Crippen molar-refractivity contribution < 1.29 is 14.2 Å². The third-order valence-corrected chi connectivity index (χ3v) is 2.88. The predicted octanol–water partition coefficient (Wildman–Crippen LogP) is -0.0844. The molecule has 16 heavy (non-hydrogen) atoms. The first-order chi connectivity index (χ1) is 7.80. The quantitative estimate of drug-likeness (QED) is 0.622. The molecule has 1 aliphatic heterocycles. The fourth-order valence-corrected chi connectivity index (χ4v) is 1.82. The molecule has 1 rings (SSSR count). The average molecular weight is 232 g/mol. The summed E-state index contributed by atoms with van der Waals surface area (Å²) in [6, 6.07) is 0. The second-order valence-electron chi connectivity index (χ2n) is 3.95. The Hall–Kier alpha value is -0.200. The van der Waals surface area contributed by atoms with E-state index in [9.17, 15) is 0 Å². The molecule has 0 aromatic rings. The van der Waals surface area contributed by atoms with E-state index in [-0.39, 0.29) is 12.4 Å². The third kappa shape index (κ3) is 4.76. The highest BCUT2D eigenvalue weighted by molar-refractivity contribution is 4.72. The van der Waals surface area contributed by atoms with Gasteiger partial charge in [-0.2, -0.15) is 0 Å². The van der Waals surface area contributed by atoms with Crippen LogP contribution in [0.4, 0.5) is 0 Å². The Morgan fingerprint density at radius 3 is 2.81 bits per heavy atom. The highest BCUT2D eigenvalue weighted by Crippen LogP contribution is 2.03. The first-order valence-electron chi connectivity index (χ1n) is 5.90. The van der Waals surface area contributed by atoms with E-state index in [4.69, 9.17) is 14.2 Å². The van der Waals surface area contributed by atoms with Gasteiger partial charge < -0.3 is 19.5 Å². The SMILES string of the molecule is CCN1CCOC(CNCC(OC)OC)C1. The maximum absolute atomic E-state index is 5.67. The summed E-state index contributed by atoms with van der Waals surface area (Å²) in [6.45, 7) is 7.71. The number of nitrogens with one attached hydrogen (secondary N) is 1. The monoisotopic (exact) mass is 232 g/mol. The lowest BCUT2D eigenvalue weighted by Crippen LogP contribution is -2.47. The van der Waals surface area contributed by atoms with Crippen molar-refractivity contribution >= 4 is 0 Å². The molecule has 0 aromatic carbocycles. The van der Waals surface area contributed by atoms with Crippen molar-refractivity contribution in [2.45, 2.75) is 19.3 Å². The van der Waals surface area contributed by atoms with Gasteiger partial charge in [-0.3, -0.25) is 4.90 Å². The summed E-state index contributed by atoms with van der Waals surface area (Å²) in [6.07, 6.45) is 0.105. The smallest absolute Gasteiger partial charge is 0.169 e. The fourth-order valence-electron chi connectivity index (χ4n) is 1.82. The van der Waals surface area contributed by atoms with Crippen LogP contribution in [0.2, 0.25) is 0 Å². The number of hydrogen-bond donors (Lipinski definition) is 1. The highest BCUT2D eigenvalue weighted by atomic mass is 16.7. The van der Waals surface area contributed by atoms with Crippen LogP contribution in [0.5, 0.6) is 0 Å². The van der Waals surface area contributed by atoms with Gasteiger partial charge in [-0.05, 0) is 6.54 Å². The van der Waals surface area contributed by atoms with Crippen LogP contribution in [0.25, 0.3) is 0 Å². The topological polar surface area (TPSA) is 43.0 Å². The summed E-state index contributed by atoms with van der Waals surface area (Å²) in [5.74, 6) is 0. The molecule has 0 aromatic heterocycles. The van der Waals surface area contributed by atoms with E-state index in [0.717, 1.165) is 32.8 Å². The van der Waals surface area contributed by atoms with Gasteiger partial charge in [0.15, 0.2) is 6.29 Å². The minimum Gasteiger partial charge on any atom is -0.374 e. The molecule has 1 heterocycles. The maximum Gasteiger partial charge on any atom is 0.169 e. The fraction of sp³-hybridized carbons (Fsp3) is 1.00. The molecule has 5 heteroatoms. The molecular weight excluding hydrogens is 208 g/mol. The van der Waals surface area contributed by atoms with Crippen molar-refractivity contribution in [3.8, 4) is 0 Å². The van der Waals surface area contributed by atoms with Gasteiger partial charge >= 0.3 is 0 Å². The van der Waals surface area contributed by atoms with E-state index in [1.807, 2.05) is 0 Å². The second kappa shape index (κ2) is 7.97. The Kier molecular flexibility index (Phi) is 6.91. The summed E-state index contributed by atoms with van der Waals surface area (Å²) in [4.78, 5) is 2.40. The molecule has 96 valence electrons. The molecule has 0 bridgehead atoms. The van der Waals surface area contributed by atoms with E-state index in [0.29, 0.717) is 6.54 Å². The van der Waals surface area contributed by atoms with Gasteiger partial charge in [-0.25, -0.2) is 0 Å². The summed E-state index contributed by atoms with van der Waals surface area (Å²) in [5.41, 5.74) is 0. The Morgan fingerprint density at radius 2 is 2.19 bits per heavy atom. The van der Waals surface area contributed by atoms with E-state index in [1.165, 1.54) is 0 Å². The zero-order valence-electron chi connectivity index (χ0n) is 10.6. The lowest BCUT2D eigenvalue weighted by Gasteiger charge is -2.32. The minimum absolute atomic E-state index is 0.175. The van der Waals surface area contributed by atoms with Gasteiger partial charge in [-0.15, -0.1) is 0 Å². The van der Waals surface area contributed by atoms with Crippen LogP contribution in [-0.4, -0.2) is 70.8 Å². The van der Waals surface area contributed by atoms with Crippen LogP contribution in [-0.2, 0) is 14.2 Å². The number of nitrogens with zero attached hydrogens (tertiary/aromatic N) is 1. The molecule has 0 amide bonds. The van der Waals surface area contributed by atoms with E-state index in [2.05, 4.69) is 17.1 Å². The van der Waals surface area contributed by atoms with Gasteiger partial charge in [0.2, 0.25) is 0 Å². The van der Waals surface area contributed by atoms with Crippen LogP contribution in [0.3, 0.4) is 0 Å². The second-order valence-corrected chi connectivity index (χ2v) is 3.95. The van der Waals surface area contributed by atoms with Gasteiger partial charge in [0, 0.05) is 40.4 Å². The largest absolute Gasteiger partial charge is 0.374 e. The van der Waals surface area contributed by atoms with Crippen LogP contribution < -0.4 is 5.32 Å². The van der Waals surface area contributed by atoms with Crippen molar-refractivity contribution in [2.24, 2.45) is 0 Å². The molecule has 0 aliphatic carbocycles. The van der Waals surface area contributed by atoms with Gasteiger partial charge in [0.1, 0.15) is 0 Å². The lowest BCUT2D eigenvalue weighted by atomic mass is 10.2. The number of methoxy groups -OCH3 is 2.